The average molecular weight is 565 g/mol. The van der Waals surface area contributed by atoms with E-state index in [1.807, 2.05) is 50.4 Å². The van der Waals surface area contributed by atoms with Crippen LogP contribution in [0.15, 0.2) is 42.7 Å². The number of ether oxygens (including phenoxy) is 2. The molecule has 4 aromatic rings. The smallest absolute Gasteiger partial charge is 0.410 e. The lowest BCUT2D eigenvalue weighted by Gasteiger charge is -2.24. The van der Waals surface area contributed by atoms with Crippen molar-refractivity contribution in [2.75, 3.05) is 27.7 Å². The van der Waals surface area contributed by atoms with E-state index >= 15 is 0 Å². The fourth-order valence-electron chi connectivity index (χ4n) is 4.41. The van der Waals surface area contributed by atoms with Crippen LogP contribution < -0.4 is 4.74 Å². The third kappa shape index (κ3) is 6.67. The zero-order chi connectivity index (χ0) is 30.1. The molecule has 4 rings (SSSR count). The molecule has 0 aliphatic heterocycles. The minimum absolute atomic E-state index is 0.183. The number of aryl methyl sites for hydroxylation is 1. The molecule has 11 heteroatoms. The standard InChI is InChI=1S/C30H37FN6O4/c1-19-23(27(33-36(19)8)28(38)34(5)6)13-14-40-25-15-21(31)10-11-24(25)20-9-12-26-32-16-22(37(26)17-20)18-35(7)29(39)41-30(2,3)4/h9-12,15-17H,13-14,18H2,1-8H3. The topological polar surface area (TPSA) is 94.2 Å². The van der Waals surface area contributed by atoms with Crippen LogP contribution in [-0.2, 0) is 24.8 Å². The Balaban J connectivity index is 1.58. The van der Waals surface area contributed by atoms with Crippen molar-refractivity contribution in [3.8, 4) is 16.9 Å². The number of carbonyl (C=O) groups excluding carboxylic acids is 2. The van der Waals surface area contributed by atoms with Crippen molar-refractivity contribution in [3.05, 3.63) is 71.2 Å². The molecule has 0 spiro atoms. The number of amides is 2. The van der Waals surface area contributed by atoms with Gasteiger partial charge >= 0.3 is 6.09 Å². The van der Waals surface area contributed by atoms with E-state index in [1.54, 1.807) is 45.1 Å². The Labute approximate surface area is 239 Å². The molecule has 218 valence electrons. The summed E-state index contributed by atoms with van der Waals surface area (Å²) in [5.41, 5.74) is 4.41. The summed E-state index contributed by atoms with van der Waals surface area (Å²) in [6.45, 7) is 7.87. The predicted octanol–water partition coefficient (Wildman–Crippen LogP) is 4.87. The van der Waals surface area contributed by atoms with Gasteiger partial charge in [-0.15, -0.1) is 0 Å². The Bertz CT molecular complexity index is 1580. The molecule has 3 heterocycles. The number of aromatic nitrogens is 4. The van der Waals surface area contributed by atoms with Crippen LogP contribution in [0.3, 0.4) is 0 Å². The quantitative estimate of drug-likeness (QED) is 0.303. The molecule has 3 aromatic heterocycles. The molecule has 0 saturated heterocycles. The normalized spacial score (nSPS) is 11.5. The van der Waals surface area contributed by atoms with Gasteiger partial charge in [-0.3, -0.25) is 9.48 Å². The van der Waals surface area contributed by atoms with Crippen LogP contribution in [0, 0.1) is 12.7 Å². The van der Waals surface area contributed by atoms with Gasteiger partial charge in [0.15, 0.2) is 5.69 Å². The van der Waals surface area contributed by atoms with E-state index in [1.165, 1.54) is 21.9 Å². The second kappa shape index (κ2) is 11.6. The molecule has 0 radical (unpaired) electrons. The summed E-state index contributed by atoms with van der Waals surface area (Å²) in [5, 5.41) is 4.39. The maximum absolute atomic E-state index is 14.3. The number of benzene rings is 1. The van der Waals surface area contributed by atoms with Gasteiger partial charge < -0.3 is 23.7 Å². The van der Waals surface area contributed by atoms with Gasteiger partial charge in [0.2, 0.25) is 0 Å². The van der Waals surface area contributed by atoms with E-state index in [0.29, 0.717) is 29.1 Å². The number of nitrogens with zero attached hydrogens (tertiary/aromatic N) is 6. The van der Waals surface area contributed by atoms with Gasteiger partial charge in [0, 0.05) is 69.3 Å². The van der Waals surface area contributed by atoms with Gasteiger partial charge in [0.05, 0.1) is 25.0 Å². The minimum Gasteiger partial charge on any atom is -0.492 e. The van der Waals surface area contributed by atoms with Crippen molar-refractivity contribution in [2.45, 2.75) is 46.3 Å². The lowest BCUT2D eigenvalue weighted by Crippen LogP contribution is -2.34. The lowest BCUT2D eigenvalue weighted by molar-refractivity contribution is 0.0282. The maximum Gasteiger partial charge on any atom is 0.410 e. The molecular formula is C30H37FN6O4. The van der Waals surface area contributed by atoms with Crippen LogP contribution in [0.4, 0.5) is 9.18 Å². The highest BCUT2D eigenvalue weighted by atomic mass is 19.1. The number of rotatable bonds is 8. The number of fused-ring (bicyclic) bond motifs is 1. The number of halogens is 1. The fourth-order valence-corrected chi connectivity index (χ4v) is 4.41. The van der Waals surface area contributed by atoms with Gasteiger partial charge in [-0.2, -0.15) is 5.10 Å². The Morgan fingerprint density at radius 2 is 1.83 bits per heavy atom. The zero-order valence-corrected chi connectivity index (χ0v) is 24.9. The van der Waals surface area contributed by atoms with Gasteiger partial charge in [-0.1, -0.05) is 0 Å². The van der Waals surface area contributed by atoms with Gasteiger partial charge in [-0.05, 0) is 52.0 Å². The first-order chi connectivity index (χ1) is 19.2. The number of imidazole rings is 1. The van der Waals surface area contributed by atoms with Gasteiger partial charge in [0.25, 0.3) is 5.91 Å². The van der Waals surface area contributed by atoms with Gasteiger partial charge in [-0.25, -0.2) is 14.2 Å². The average Bonchev–Trinajstić information content (AvgIpc) is 3.42. The van der Waals surface area contributed by atoms with E-state index in [4.69, 9.17) is 9.47 Å². The van der Waals surface area contributed by atoms with Crippen LogP contribution >= 0.6 is 0 Å². The molecule has 0 atom stereocenters. The number of hydrogen-bond donors (Lipinski definition) is 0. The molecule has 0 bridgehead atoms. The highest BCUT2D eigenvalue weighted by molar-refractivity contribution is 5.93. The summed E-state index contributed by atoms with van der Waals surface area (Å²) < 4.78 is 29.5. The number of carbonyl (C=O) groups is 2. The molecule has 0 fully saturated rings. The first-order valence-electron chi connectivity index (χ1n) is 13.3. The molecule has 41 heavy (non-hydrogen) atoms. The first kappa shape index (κ1) is 29.6. The highest BCUT2D eigenvalue weighted by Gasteiger charge is 2.22. The van der Waals surface area contributed by atoms with Crippen molar-refractivity contribution in [3.63, 3.8) is 0 Å². The third-order valence-corrected chi connectivity index (χ3v) is 6.62. The van der Waals surface area contributed by atoms with Crippen LogP contribution in [0.5, 0.6) is 5.75 Å². The summed E-state index contributed by atoms with van der Waals surface area (Å²) >= 11 is 0. The van der Waals surface area contributed by atoms with Crippen molar-refractivity contribution >= 4 is 17.6 Å². The van der Waals surface area contributed by atoms with Crippen LogP contribution in [0.25, 0.3) is 16.8 Å². The van der Waals surface area contributed by atoms with Crippen molar-refractivity contribution in [2.24, 2.45) is 7.05 Å². The molecule has 10 nitrogen and oxygen atoms in total. The van der Waals surface area contributed by atoms with E-state index in [2.05, 4.69) is 10.1 Å². The van der Waals surface area contributed by atoms with Crippen LogP contribution in [0.1, 0.15) is 48.2 Å². The van der Waals surface area contributed by atoms with Crippen molar-refractivity contribution < 1.29 is 23.5 Å². The highest BCUT2D eigenvalue weighted by Crippen LogP contribution is 2.32. The van der Waals surface area contributed by atoms with Crippen LogP contribution in [0.2, 0.25) is 0 Å². The Morgan fingerprint density at radius 1 is 1.10 bits per heavy atom. The first-order valence-corrected chi connectivity index (χ1v) is 13.3. The van der Waals surface area contributed by atoms with Crippen molar-refractivity contribution in [1.29, 1.82) is 0 Å². The zero-order valence-electron chi connectivity index (χ0n) is 24.9. The Hall–Kier alpha value is -4.41. The van der Waals surface area contributed by atoms with E-state index in [0.717, 1.165) is 22.5 Å². The summed E-state index contributed by atoms with van der Waals surface area (Å²) in [4.78, 5) is 32.6. The summed E-state index contributed by atoms with van der Waals surface area (Å²) in [6.07, 6.45) is 3.59. The molecule has 0 unspecified atom stereocenters. The summed E-state index contributed by atoms with van der Waals surface area (Å²) in [6, 6.07) is 8.16. The van der Waals surface area contributed by atoms with E-state index in [9.17, 15) is 14.0 Å². The maximum atomic E-state index is 14.3. The molecule has 2 amide bonds. The monoisotopic (exact) mass is 564 g/mol. The SMILES string of the molecule is Cc1c(CCOc2cc(F)ccc2-c2ccc3ncc(CN(C)C(=O)OC(C)(C)C)n3c2)c(C(=O)N(C)C)nn1C. The lowest BCUT2D eigenvalue weighted by atomic mass is 10.1. The van der Waals surface area contributed by atoms with Crippen molar-refractivity contribution in [1.82, 2.24) is 29.0 Å². The molecule has 0 aliphatic rings. The summed E-state index contributed by atoms with van der Waals surface area (Å²) in [5.74, 6) is -0.232. The number of pyridine rings is 1. The van der Waals surface area contributed by atoms with Gasteiger partial charge in [0.1, 0.15) is 22.8 Å². The largest absolute Gasteiger partial charge is 0.492 e. The predicted molar refractivity (Wildman–Crippen MR) is 153 cm³/mol. The fraction of sp³-hybridized carbons (Fsp3) is 0.400. The molecule has 0 aliphatic carbocycles. The van der Waals surface area contributed by atoms with E-state index in [-0.39, 0.29) is 19.1 Å². The Morgan fingerprint density at radius 3 is 2.51 bits per heavy atom. The molecule has 0 saturated carbocycles. The molecular weight excluding hydrogens is 527 g/mol. The molecule has 1 aromatic carbocycles. The van der Waals surface area contributed by atoms with E-state index < -0.39 is 17.5 Å². The minimum atomic E-state index is -0.601. The van der Waals surface area contributed by atoms with Crippen LogP contribution in [-0.4, -0.2) is 74.3 Å². The second-order valence-corrected chi connectivity index (χ2v) is 11.2. The third-order valence-electron chi connectivity index (χ3n) is 6.62. The summed E-state index contributed by atoms with van der Waals surface area (Å²) in [7, 11) is 6.83. The second-order valence-electron chi connectivity index (χ2n) is 11.2. The molecule has 0 N–H and O–H groups in total. The Kier molecular flexibility index (Phi) is 8.37. The number of hydrogen-bond acceptors (Lipinski definition) is 6.